The molecule has 182 valence electrons. The van der Waals surface area contributed by atoms with Crippen molar-refractivity contribution in [2.45, 2.75) is 46.5 Å². The minimum Gasteiger partial charge on any atom is -0.497 e. The number of pyridine rings is 1. The van der Waals surface area contributed by atoms with Gasteiger partial charge in [0.1, 0.15) is 11.4 Å². The fraction of sp³-hybridized carbons (Fsp3) is 0.407. The number of esters is 1. The number of carbonyl (C=O) groups excluding carboxylic acids is 1. The number of unbranched alkanes of at least 4 members (excludes halogenated alkanes) is 2. The molecule has 3 aromatic rings. The number of hydrogen-bond donors (Lipinski definition) is 0. The molecule has 0 fully saturated rings. The number of carbonyl (C=O) groups is 1. The van der Waals surface area contributed by atoms with Crippen LogP contribution in [0.2, 0.25) is 0 Å². The Morgan fingerprint density at radius 1 is 0.941 bits per heavy atom. The minimum atomic E-state index is -0.472. The van der Waals surface area contributed by atoms with Gasteiger partial charge in [0.2, 0.25) is 0 Å². The molecule has 7 heteroatoms. The molecule has 0 aliphatic rings. The summed E-state index contributed by atoms with van der Waals surface area (Å²) >= 11 is 0. The second-order valence-electron chi connectivity index (χ2n) is 7.76. The van der Waals surface area contributed by atoms with Crippen molar-refractivity contribution in [1.29, 1.82) is 0 Å². The van der Waals surface area contributed by atoms with Gasteiger partial charge in [0.15, 0.2) is 17.2 Å². The Balaban J connectivity index is 2.32. The minimum absolute atomic E-state index is 0.245. The number of nitrogens with zero attached hydrogens (tertiary/aromatic N) is 2. The summed E-state index contributed by atoms with van der Waals surface area (Å²) in [6, 6.07) is 11.3. The molecule has 0 radical (unpaired) electrons. The Morgan fingerprint density at radius 3 is 2.18 bits per heavy atom. The monoisotopic (exact) mass is 466 g/mol. The molecular weight excluding hydrogens is 432 g/mol. The average molecular weight is 467 g/mol. The highest BCUT2D eigenvalue weighted by Crippen LogP contribution is 2.46. The Labute approximate surface area is 201 Å². The quantitative estimate of drug-likeness (QED) is 0.224. The van der Waals surface area contributed by atoms with Crippen LogP contribution >= 0.6 is 0 Å². The van der Waals surface area contributed by atoms with Crippen LogP contribution < -0.4 is 14.2 Å². The van der Waals surface area contributed by atoms with Gasteiger partial charge in [-0.25, -0.2) is 4.79 Å². The SMILES string of the molecule is CCCCOc1c(OCCCC)c(-c2cccnc2)n(-c2ccc(OC)cc2)c1C(=O)OCC. The summed E-state index contributed by atoms with van der Waals surface area (Å²) in [6.45, 7) is 7.20. The summed E-state index contributed by atoms with van der Waals surface area (Å²) in [5, 5.41) is 0. The smallest absolute Gasteiger partial charge is 0.359 e. The van der Waals surface area contributed by atoms with Crippen molar-refractivity contribution >= 4 is 5.97 Å². The maximum Gasteiger partial charge on any atom is 0.359 e. The average Bonchev–Trinajstić information content (AvgIpc) is 3.19. The summed E-state index contributed by atoms with van der Waals surface area (Å²) in [5.41, 5.74) is 2.56. The summed E-state index contributed by atoms with van der Waals surface area (Å²) in [5.74, 6) is 1.17. The van der Waals surface area contributed by atoms with E-state index in [0.29, 0.717) is 36.1 Å². The lowest BCUT2D eigenvalue weighted by Crippen LogP contribution is -2.13. The molecule has 1 aromatic carbocycles. The van der Waals surface area contributed by atoms with Gasteiger partial charge in [-0.1, -0.05) is 26.7 Å². The van der Waals surface area contributed by atoms with Gasteiger partial charge in [-0.05, 0) is 56.2 Å². The lowest BCUT2D eigenvalue weighted by atomic mass is 10.2. The van der Waals surface area contributed by atoms with Gasteiger partial charge in [-0.15, -0.1) is 0 Å². The molecule has 0 bridgehead atoms. The van der Waals surface area contributed by atoms with Crippen LogP contribution in [-0.4, -0.2) is 42.5 Å². The van der Waals surface area contributed by atoms with Gasteiger partial charge < -0.3 is 18.9 Å². The van der Waals surface area contributed by atoms with Crippen molar-refractivity contribution in [1.82, 2.24) is 9.55 Å². The highest BCUT2D eigenvalue weighted by atomic mass is 16.5. The molecule has 0 aliphatic heterocycles. The largest absolute Gasteiger partial charge is 0.497 e. The summed E-state index contributed by atoms with van der Waals surface area (Å²) < 4.78 is 25.2. The van der Waals surface area contributed by atoms with Crippen molar-refractivity contribution in [2.75, 3.05) is 26.9 Å². The van der Waals surface area contributed by atoms with E-state index in [9.17, 15) is 4.79 Å². The predicted octanol–water partition coefficient (Wildman–Crippen LogP) is 6.08. The van der Waals surface area contributed by atoms with Gasteiger partial charge in [0, 0.05) is 23.6 Å². The maximum atomic E-state index is 13.3. The number of hydrogen-bond acceptors (Lipinski definition) is 6. The molecule has 0 unspecified atom stereocenters. The Morgan fingerprint density at radius 2 is 1.62 bits per heavy atom. The van der Waals surface area contributed by atoms with Gasteiger partial charge in [-0.2, -0.15) is 0 Å². The zero-order chi connectivity index (χ0) is 24.3. The Bertz CT molecular complexity index is 1050. The highest BCUT2D eigenvalue weighted by molar-refractivity contribution is 5.96. The van der Waals surface area contributed by atoms with E-state index in [-0.39, 0.29) is 6.61 Å². The normalized spacial score (nSPS) is 10.7. The molecule has 34 heavy (non-hydrogen) atoms. The van der Waals surface area contributed by atoms with Crippen molar-refractivity contribution < 1.29 is 23.7 Å². The predicted molar refractivity (Wildman–Crippen MR) is 132 cm³/mol. The van der Waals surface area contributed by atoms with E-state index in [1.807, 2.05) is 41.0 Å². The van der Waals surface area contributed by atoms with Crippen LogP contribution in [-0.2, 0) is 4.74 Å². The van der Waals surface area contributed by atoms with E-state index in [1.165, 1.54) is 0 Å². The van der Waals surface area contributed by atoms with E-state index in [4.69, 9.17) is 18.9 Å². The molecule has 0 N–H and O–H groups in total. The number of ether oxygens (including phenoxy) is 4. The van der Waals surface area contributed by atoms with Crippen LogP contribution in [0.3, 0.4) is 0 Å². The molecule has 2 aromatic heterocycles. The lowest BCUT2D eigenvalue weighted by Gasteiger charge is -2.14. The van der Waals surface area contributed by atoms with E-state index in [0.717, 1.165) is 42.7 Å². The van der Waals surface area contributed by atoms with E-state index < -0.39 is 5.97 Å². The van der Waals surface area contributed by atoms with Crippen LogP contribution in [0.15, 0.2) is 48.8 Å². The van der Waals surface area contributed by atoms with Crippen LogP contribution in [0.1, 0.15) is 56.9 Å². The van der Waals surface area contributed by atoms with E-state index in [2.05, 4.69) is 18.8 Å². The first-order valence-corrected chi connectivity index (χ1v) is 11.9. The molecule has 0 amide bonds. The topological polar surface area (TPSA) is 71.8 Å². The van der Waals surface area contributed by atoms with Gasteiger partial charge in [-0.3, -0.25) is 9.55 Å². The molecule has 0 saturated carbocycles. The van der Waals surface area contributed by atoms with Crippen LogP contribution in [0.5, 0.6) is 17.2 Å². The summed E-state index contributed by atoms with van der Waals surface area (Å²) in [6.07, 6.45) is 7.16. The van der Waals surface area contributed by atoms with Crippen molar-refractivity contribution in [3.8, 4) is 34.2 Å². The zero-order valence-electron chi connectivity index (χ0n) is 20.5. The molecule has 3 rings (SSSR count). The zero-order valence-corrected chi connectivity index (χ0v) is 20.5. The number of rotatable bonds is 13. The second-order valence-corrected chi connectivity index (χ2v) is 7.76. The third-order valence-electron chi connectivity index (χ3n) is 5.31. The van der Waals surface area contributed by atoms with Crippen LogP contribution in [0.4, 0.5) is 0 Å². The fourth-order valence-electron chi connectivity index (χ4n) is 3.57. The van der Waals surface area contributed by atoms with Crippen molar-refractivity contribution in [3.05, 3.63) is 54.5 Å². The lowest BCUT2D eigenvalue weighted by molar-refractivity contribution is 0.0511. The third-order valence-corrected chi connectivity index (χ3v) is 5.31. The molecule has 7 nitrogen and oxygen atoms in total. The highest BCUT2D eigenvalue weighted by Gasteiger charge is 2.32. The van der Waals surface area contributed by atoms with Crippen LogP contribution in [0.25, 0.3) is 16.9 Å². The number of methoxy groups -OCH3 is 1. The Hall–Kier alpha value is -3.48. The summed E-state index contributed by atoms with van der Waals surface area (Å²) in [7, 11) is 1.62. The van der Waals surface area contributed by atoms with E-state index in [1.54, 1.807) is 26.4 Å². The first kappa shape index (κ1) is 25.1. The maximum absolute atomic E-state index is 13.3. The second kappa shape index (κ2) is 12.7. The fourth-order valence-corrected chi connectivity index (χ4v) is 3.57. The first-order chi connectivity index (χ1) is 16.7. The van der Waals surface area contributed by atoms with Crippen LogP contribution in [0, 0.1) is 0 Å². The molecule has 0 spiro atoms. The molecule has 0 atom stereocenters. The number of benzene rings is 1. The first-order valence-electron chi connectivity index (χ1n) is 11.9. The van der Waals surface area contributed by atoms with E-state index >= 15 is 0 Å². The molecule has 0 saturated heterocycles. The number of aromatic nitrogens is 2. The van der Waals surface area contributed by atoms with Gasteiger partial charge in [0.25, 0.3) is 0 Å². The standard InChI is InChI=1S/C27H34N2O5/c1-5-8-17-33-25-23(20-11-10-16-28-19-20)29(21-12-14-22(31-4)15-13-21)24(27(30)32-7-3)26(25)34-18-9-6-2/h10-16,19H,5-9,17-18H2,1-4H3. The van der Waals surface area contributed by atoms with Crippen molar-refractivity contribution in [2.24, 2.45) is 0 Å². The molecule has 2 heterocycles. The van der Waals surface area contributed by atoms with Gasteiger partial charge in [0.05, 0.1) is 26.9 Å². The van der Waals surface area contributed by atoms with Crippen molar-refractivity contribution in [3.63, 3.8) is 0 Å². The molecular formula is C27H34N2O5. The van der Waals surface area contributed by atoms with Gasteiger partial charge >= 0.3 is 5.97 Å². The third kappa shape index (κ3) is 5.71. The summed E-state index contributed by atoms with van der Waals surface area (Å²) in [4.78, 5) is 17.6. The molecule has 0 aliphatic carbocycles. The Kier molecular flexibility index (Phi) is 9.38.